The second-order valence-electron chi connectivity index (χ2n) is 8.25. The van der Waals surface area contributed by atoms with E-state index in [1.165, 1.54) is 0 Å². The molecule has 5 rings (SSSR count). The van der Waals surface area contributed by atoms with E-state index in [2.05, 4.69) is 57.2 Å². The van der Waals surface area contributed by atoms with Gasteiger partial charge in [-0.1, -0.05) is 121 Å². The van der Waals surface area contributed by atoms with Gasteiger partial charge in [-0.05, 0) is 32.7 Å². The Morgan fingerprint density at radius 1 is 0.686 bits per heavy atom. The average molecular weight is 460 g/mol. The number of carbonyl (C=O) groups is 1. The van der Waals surface area contributed by atoms with Crippen molar-refractivity contribution in [1.82, 2.24) is 25.5 Å². The number of rotatable bonds is 8. The summed E-state index contributed by atoms with van der Waals surface area (Å²) in [5.74, 6) is 0.471. The maximum absolute atomic E-state index is 12.7. The van der Waals surface area contributed by atoms with Crippen LogP contribution >= 0.6 is 0 Å². The van der Waals surface area contributed by atoms with Crippen LogP contribution in [-0.2, 0) is 23.3 Å². The van der Waals surface area contributed by atoms with Crippen molar-refractivity contribution in [2.24, 2.45) is 0 Å². The molecule has 172 valence electrons. The van der Waals surface area contributed by atoms with Crippen molar-refractivity contribution in [2.45, 2.75) is 18.5 Å². The number of carbonyl (C=O) groups excluding carboxylic acids is 1. The zero-order chi connectivity index (χ0) is 23.9. The van der Waals surface area contributed by atoms with Crippen LogP contribution < -0.4 is 5.32 Å². The fourth-order valence-corrected chi connectivity index (χ4v) is 4.50. The number of benzene rings is 4. The maximum Gasteiger partial charge on any atom is 0.224 e. The predicted octanol–water partition coefficient (Wildman–Crippen LogP) is 4.37. The SMILES string of the molecule is O=C(Cc1ccccc1)NCc1nnnn1C(c1ccccc1)(c1ccccc1)c1ccccc1. The summed E-state index contributed by atoms with van der Waals surface area (Å²) in [4.78, 5) is 12.7. The molecule has 0 saturated heterocycles. The van der Waals surface area contributed by atoms with Gasteiger partial charge in [0.05, 0.1) is 13.0 Å². The van der Waals surface area contributed by atoms with E-state index >= 15 is 0 Å². The molecule has 0 unspecified atom stereocenters. The van der Waals surface area contributed by atoms with E-state index < -0.39 is 5.54 Å². The number of nitrogens with zero attached hydrogens (tertiary/aromatic N) is 4. The van der Waals surface area contributed by atoms with Crippen LogP contribution in [0, 0.1) is 0 Å². The largest absolute Gasteiger partial charge is 0.348 e. The summed E-state index contributed by atoms with van der Waals surface area (Å²) in [6.07, 6.45) is 0.295. The van der Waals surface area contributed by atoms with Crippen LogP contribution in [0.3, 0.4) is 0 Å². The lowest BCUT2D eigenvalue weighted by molar-refractivity contribution is -0.120. The van der Waals surface area contributed by atoms with Gasteiger partial charge in [-0.3, -0.25) is 4.79 Å². The number of hydrogen-bond acceptors (Lipinski definition) is 4. The molecule has 0 saturated carbocycles. The molecule has 0 atom stereocenters. The van der Waals surface area contributed by atoms with Gasteiger partial charge < -0.3 is 5.32 Å². The molecule has 0 aliphatic rings. The summed E-state index contributed by atoms with van der Waals surface area (Å²) in [5, 5.41) is 15.8. The summed E-state index contributed by atoms with van der Waals surface area (Å²) in [6, 6.07) is 40.2. The van der Waals surface area contributed by atoms with Gasteiger partial charge in [0.15, 0.2) is 5.82 Å². The standard InChI is InChI=1S/C29H25N5O/c35-28(21-23-13-5-1-6-14-23)30-22-27-31-32-33-34(27)29(24-15-7-2-8-16-24,25-17-9-3-10-18-25)26-19-11-4-12-20-26/h1-20H,21-22H2,(H,30,35). The molecule has 1 heterocycles. The molecule has 0 aliphatic heterocycles. The molecule has 1 N–H and O–H groups in total. The number of nitrogens with one attached hydrogen (secondary N) is 1. The topological polar surface area (TPSA) is 72.7 Å². The van der Waals surface area contributed by atoms with E-state index in [9.17, 15) is 4.79 Å². The van der Waals surface area contributed by atoms with Gasteiger partial charge in [-0.2, -0.15) is 0 Å². The molecule has 0 bridgehead atoms. The minimum absolute atomic E-state index is 0.0875. The minimum atomic E-state index is -0.827. The van der Waals surface area contributed by atoms with E-state index in [1.54, 1.807) is 0 Å². The fourth-order valence-electron chi connectivity index (χ4n) is 4.50. The molecule has 0 radical (unpaired) electrons. The Labute approximate surface area is 204 Å². The van der Waals surface area contributed by atoms with Crippen LogP contribution in [0.25, 0.3) is 0 Å². The third-order valence-electron chi connectivity index (χ3n) is 6.08. The molecule has 4 aromatic carbocycles. The highest BCUT2D eigenvalue weighted by molar-refractivity contribution is 5.78. The lowest BCUT2D eigenvalue weighted by Crippen LogP contribution is -2.41. The minimum Gasteiger partial charge on any atom is -0.348 e. The first-order valence-corrected chi connectivity index (χ1v) is 11.5. The van der Waals surface area contributed by atoms with E-state index in [0.717, 1.165) is 22.3 Å². The number of tetrazole rings is 1. The first-order chi connectivity index (χ1) is 17.3. The van der Waals surface area contributed by atoms with Gasteiger partial charge in [0, 0.05) is 0 Å². The van der Waals surface area contributed by atoms with Crippen LogP contribution in [0.15, 0.2) is 121 Å². The third-order valence-corrected chi connectivity index (χ3v) is 6.08. The Kier molecular flexibility index (Phi) is 6.44. The third kappa shape index (κ3) is 4.46. The molecule has 1 amide bonds. The van der Waals surface area contributed by atoms with Gasteiger partial charge in [0.25, 0.3) is 0 Å². The molecule has 0 spiro atoms. The Bertz CT molecular complexity index is 1270. The Hall–Kier alpha value is -4.58. The van der Waals surface area contributed by atoms with Crippen molar-refractivity contribution in [3.63, 3.8) is 0 Å². The summed E-state index contributed by atoms with van der Waals surface area (Å²) in [6.45, 7) is 0.201. The van der Waals surface area contributed by atoms with Gasteiger partial charge in [-0.25, -0.2) is 4.68 Å². The molecule has 0 fully saturated rings. The summed E-state index contributed by atoms with van der Waals surface area (Å²) in [5.41, 5.74) is 3.17. The van der Waals surface area contributed by atoms with E-state index in [4.69, 9.17) is 0 Å². The molecule has 0 aliphatic carbocycles. The first-order valence-electron chi connectivity index (χ1n) is 11.5. The van der Waals surface area contributed by atoms with Crippen LogP contribution in [0.2, 0.25) is 0 Å². The van der Waals surface area contributed by atoms with Gasteiger partial charge >= 0.3 is 0 Å². The number of amides is 1. The zero-order valence-electron chi connectivity index (χ0n) is 19.2. The van der Waals surface area contributed by atoms with Crippen LogP contribution in [0.1, 0.15) is 28.1 Å². The lowest BCUT2D eigenvalue weighted by Gasteiger charge is -2.36. The first kappa shape index (κ1) is 22.2. The van der Waals surface area contributed by atoms with Crippen LogP contribution in [0.5, 0.6) is 0 Å². The van der Waals surface area contributed by atoms with E-state index in [-0.39, 0.29) is 12.5 Å². The van der Waals surface area contributed by atoms with Gasteiger partial charge in [0.1, 0.15) is 5.54 Å². The fraction of sp³-hybridized carbons (Fsp3) is 0.103. The molecular formula is C29H25N5O. The molecule has 35 heavy (non-hydrogen) atoms. The molecular weight excluding hydrogens is 434 g/mol. The van der Waals surface area contributed by atoms with Crippen molar-refractivity contribution in [3.05, 3.63) is 149 Å². The zero-order valence-corrected chi connectivity index (χ0v) is 19.2. The normalized spacial score (nSPS) is 11.2. The summed E-state index contributed by atoms with van der Waals surface area (Å²) < 4.78 is 1.83. The van der Waals surface area contributed by atoms with Crippen molar-refractivity contribution in [1.29, 1.82) is 0 Å². The van der Waals surface area contributed by atoms with Crippen molar-refractivity contribution in [2.75, 3.05) is 0 Å². The van der Waals surface area contributed by atoms with Crippen LogP contribution in [0.4, 0.5) is 0 Å². The van der Waals surface area contributed by atoms with E-state index in [1.807, 2.05) is 89.6 Å². The van der Waals surface area contributed by atoms with Crippen LogP contribution in [-0.4, -0.2) is 26.1 Å². The molecule has 1 aromatic heterocycles. The monoisotopic (exact) mass is 459 g/mol. The maximum atomic E-state index is 12.7. The smallest absolute Gasteiger partial charge is 0.224 e. The second kappa shape index (κ2) is 10.1. The highest BCUT2D eigenvalue weighted by Gasteiger charge is 2.41. The van der Waals surface area contributed by atoms with E-state index in [0.29, 0.717) is 12.2 Å². The summed E-state index contributed by atoms with van der Waals surface area (Å²) >= 11 is 0. The quantitative estimate of drug-likeness (QED) is 0.350. The van der Waals surface area contributed by atoms with Crippen molar-refractivity contribution < 1.29 is 4.79 Å². The Morgan fingerprint density at radius 2 is 1.14 bits per heavy atom. The van der Waals surface area contributed by atoms with Crippen molar-refractivity contribution in [3.8, 4) is 0 Å². The highest BCUT2D eigenvalue weighted by Crippen LogP contribution is 2.40. The highest BCUT2D eigenvalue weighted by atomic mass is 16.1. The summed E-state index contributed by atoms with van der Waals surface area (Å²) in [7, 11) is 0. The lowest BCUT2D eigenvalue weighted by atomic mass is 9.77. The average Bonchev–Trinajstić information content (AvgIpc) is 3.39. The second-order valence-corrected chi connectivity index (χ2v) is 8.25. The molecule has 6 heteroatoms. The molecule has 6 nitrogen and oxygen atoms in total. The number of aromatic nitrogens is 4. The van der Waals surface area contributed by atoms with Gasteiger partial charge in [0.2, 0.25) is 5.91 Å². The Morgan fingerprint density at radius 3 is 1.63 bits per heavy atom. The molecule has 5 aromatic rings. The predicted molar refractivity (Wildman–Crippen MR) is 134 cm³/mol. The Balaban J connectivity index is 1.59. The number of hydrogen-bond donors (Lipinski definition) is 1. The van der Waals surface area contributed by atoms with Gasteiger partial charge in [-0.15, -0.1) is 5.10 Å². The van der Waals surface area contributed by atoms with Crippen molar-refractivity contribution >= 4 is 5.91 Å².